The molecule has 0 unspecified atom stereocenters. The lowest BCUT2D eigenvalue weighted by molar-refractivity contribution is 0.170. The van der Waals surface area contributed by atoms with E-state index in [0.717, 1.165) is 48.8 Å². The molecule has 0 radical (unpaired) electrons. The lowest BCUT2D eigenvalue weighted by Gasteiger charge is -2.33. The Bertz CT molecular complexity index is 873. The molecular formula is C24H26N2O2. The molecule has 0 spiro atoms. The van der Waals surface area contributed by atoms with Gasteiger partial charge in [0.2, 0.25) is 0 Å². The van der Waals surface area contributed by atoms with E-state index in [2.05, 4.69) is 35.0 Å². The van der Waals surface area contributed by atoms with Gasteiger partial charge in [-0.1, -0.05) is 30.3 Å². The smallest absolute Gasteiger partial charge is 0.128 e. The number of hydrogen-bond donors (Lipinski definition) is 0. The van der Waals surface area contributed by atoms with E-state index in [-0.39, 0.29) is 6.10 Å². The third-order valence-corrected chi connectivity index (χ3v) is 5.04. The summed E-state index contributed by atoms with van der Waals surface area (Å²) in [6.07, 6.45) is 4.13. The molecule has 1 aromatic heterocycles. The van der Waals surface area contributed by atoms with Gasteiger partial charge in [0.15, 0.2) is 0 Å². The van der Waals surface area contributed by atoms with E-state index in [4.69, 9.17) is 9.47 Å². The van der Waals surface area contributed by atoms with Gasteiger partial charge >= 0.3 is 0 Å². The molecule has 1 fully saturated rings. The number of hydrogen-bond acceptors (Lipinski definition) is 4. The predicted octanol–water partition coefficient (Wildman–Crippen LogP) is 5.02. The maximum atomic E-state index is 6.18. The number of anilines is 1. The quantitative estimate of drug-likeness (QED) is 0.607. The Morgan fingerprint density at radius 2 is 1.64 bits per heavy atom. The number of aryl methyl sites for hydroxylation is 1. The van der Waals surface area contributed by atoms with Gasteiger partial charge in [-0.05, 0) is 54.4 Å². The molecule has 3 aromatic rings. The Labute approximate surface area is 166 Å². The molecule has 4 heteroatoms. The summed E-state index contributed by atoms with van der Waals surface area (Å²) in [6.45, 7) is 4.62. The van der Waals surface area contributed by atoms with Crippen molar-refractivity contribution in [2.24, 2.45) is 0 Å². The van der Waals surface area contributed by atoms with Crippen molar-refractivity contribution in [3.63, 3.8) is 0 Å². The summed E-state index contributed by atoms with van der Waals surface area (Å²) in [7, 11) is 0. The molecule has 2 aromatic carbocycles. The SMILES string of the molecule is Cc1ccnc(N2CCC(Oc3ccc(OCc4ccccc4)cc3)CC2)c1. The first-order chi connectivity index (χ1) is 13.8. The molecule has 4 nitrogen and oxygen atoms in total. The van der Waals surface area contributed by atoms with Crippen LogP contribution in [0.1, 0.15) is 24.0 Å². The van der Waals surface area contributed by atoms with Crippen molar-refractivity contribution in [2.75, 3.05) is 18.0 Å². The largest absolute Gasteiger partial charge is 0.490 e. The molecule has 0 amide bonds. The van der Waals surface area contributed by atoms with Crippen molar-refractivity contribution < 1.29 is 9.47 Å². The molecule has 144 valence electrons. The average molecular weight is 374 g/mol. The molecule has 0 saturated carbocycles. The summed E-state index contributed by atoms with van der Waals surface area (Å²) in [4.78, 5) is 6.83. The number of rotatable bonds is 6. The Hall–Kier alpha value is -3.01. The van der Waals surface area contributed by atoms with Crippen LogP contribution in [0.5, 0.6) is 11.5 Å². The second-order valence-electron chi connectivity index (χ2n) is 7.24. The lowest BCUT2D eigenvalue weighted by Crippen LogP contribution is -2.38. The molecule has 1 aliphatic heterocycles. The molecule has 0 N–H and O–H groups in total. The van der Waals surface area contributed by atoms with Gasteiger partial charge in [-0.3, -0.25) is 0 Å². The van der Waals surface area contributed by atoms with Gasteiger partial charge in [-0.25, -0.2) is 4.98 Å². The maximum Gasteiger partial charge on any atom is 0.128 e. The molecule has 28 heavy (non-hydrogen) atoms. The molecule has 0 atom stereocenters. The van der Waals surface area contributed by atoms with Gasteiger partial charge in [0.05, 0.1) is 0 Å². The van der Waals surface area contributed by atoms with Gasteiger partial charge in [0.25, 0.3) is 0 Å². The zero-order chi connectivity index (χ0) is 19.2. The lowest BCUT2D eigenvalue weighted by atomic mass is 10.1. The zero-order valence-corrected chi connectivity index (χ0v) is 16.3. The molecular weight excluding hydrogens is 348 g/mol. The fourth-order valence-corrected chi connectivity index (χ4v) is 3.44. The minimum Gasteiger partial charge on any atom is -0.490 e. The second kappa shape index (κ2) is 8.79. The van der Waals surface area contributed by atoms with Gasteiger partial charge < -0.3 is 14.4 Å². The number of ether oxygens (including phenoxy) is 2. The number of piperidine rings is 1. The van der Waals surface area contributed by atoms with Crippen LogP contribution < -0.4 is 14.4 Å². The van der Waals surface area contributed by atoms with Crippen LogP contribution in [0.2, 0.25) is 0 Å². The van der Waals surface area contributed by atoms with E-state index in [1.165, 1.54) is 5.56 Å². The minimum absolute atomic E-state index is 0.247. The summed E-state index contributed by atoms with van der Waals surface area (Å²) in [5.41, 5.74) is 2.41. The Kier molecular flexibility index (Phi) is 5.76. The first-order valence-electron chi connectivity index (χ1n) is 9.87. The zero-order valence-electron chi connectivity index (χ0n) is 16.3. The maximum absolute atomic E-state index is 6.18. The third kappa shape index (κ3) is 4.83. The Balaban J connectivity index is 1.26. The van der Waals surface area contributed by atoms with Gasteiger partial charge in [0, 0.05) is 32.1 Å². The van der Waals surface area contributed by atoms with Crippen LogP contribution in [0.4, 0.5) is 5.82 Å². The van der Waals surface area contributed by atoms with E-state index >= 15 is 0 Å². The van der Waals surface area contributed by atoms with Crippen molar-refractivity contribution in [3.8, 4) is 11.5 Å². The fraction of sp³-hybridized carbons (Fsp3) is 0.292. The van der Waals surface area contributed by atoms with Gasteiger partial charge in [-0.2, -0.15) is 0 Å². The molecule has 0 bridgehead atoms. The van der Waals surface area contributed by atoms with Crippen molar-refractivity contribution in [3.05, 3.63) is 84.1 Å². The third-order valence-electron chi connectivity index (χ3n) is 5.04. The van der Waals surface area contributed by atoms with Crippen LogP contribution in [0.3, 0.4) is 0 Å². The van der Waals surface area contributed by atoms with Gasteiger partial charge in [0.1, 0.15) is 30.0 Å². The van der Waals surface area contributed by atoms with Crippen molar-refractivity contribution in [1.29, 1.82) is 0 Å². The first kappa shape index (κ1) is 18.4. The van der Waals surface area contributed by atoms with Crippen molar-refractivity contribution in [1.82, 2.24) is 4.98 Å². The van der Waals surface area contributed by atoms with E-state index in [9.17, 15) is 0 Å². The molecule has 4 rings (SSSR count). The second-order valence-corrected chi connectivity index (χ2v) is 7.24. The summed E-state index contributed by atoms with van der Waals surface area (Å²) < 4.78 is 12.0. The number of pyridine rings is 1. The van der Waals surface area contributed by atoms with E-state index in [1.54, 1.807) is 0 Å². The van der Waals surface area contributed by atoms with E-state index in [0.29, 0.717) is 6.61 Å². The average Bonchev–Trinajstić information content (AvgIpc) is 2.75. The Morgan fingerprint density at radius 3 is 2.36 bits per heavy atom. The topological polar surface area (TPSA) is 34.6 Å². The molecule has 0 aliphatic carbocycles. The molecule has 2 heterocycles. The molecule has 1 saturated heterocycles. The highest BCUT2D eigenvalue weighted by molar-refractivity contribution is 5.41. The van der Waals surface area contributed by atoms with Crippen LogP contribution in [0, 0.1) is 6.92 Å². The first-order valence-corrected chi connectivity index (χ1v) is 9.87. The summed E-state index contributed by atoms with van der Waals surface area (Å²) in [6, 6.07) is 22.3. The van der Waals surface area contributed by atoms with Crippen LogP contribution in [-0.4, -0.2) is 24.2 Å². The van der Waals surface area contributed by atoms with E-state index < -0.39 is 0 Å². The van der Waals surface area contributed by atoms with Crippen LogP contribution in [-0.2, 0) is 6.61 Å². The van der Waals surface area contributed by atoms with Gasteiger partial charge in [-0.15, -0.1) is 0 Å². The summed E-state index contributed by atoms with van der Waals surface area (Å²) >= 11 is 0. The highest BCUT2D eigenvalue weighted by Crippen LogP contribution is 2.24. The molecule has 1 aliphatic rings. The van der Waals surface area contributed by atoms with Crippen LogP contribution in [0.25, 0.3) is 0 Å². The standard InChI is InChI=1S/C24H26N2O2/c1-19-11-14-25-24(17-19)26-15-12-23(13-16-26)28-22-9-7-21(8-10-22)27-18-20-5-3-2-4-6-20/h2-11,14,17,23H,12-13,15-16,18H2,1H3. The van der Waals surface area contributed by atoms with E-state index in [1.807, 2.05) is 54.7 Å². The van der Waals surface area contributed by atoms with Crippen LogP contribution in [0.15, 0.2) is 72.9 Å². The summed E-state index contributed by atoms with van der Waals surface area (Å²) in [5, 5.41) is 0. The Morgan fingerprint density at radius 1 is 0.929 bits per heavy atom. The highest BCUT2D eigenvalue weighted by atomic mass is 16.5. The fourth-order valence-electron chi connectivity index (χ4n) is 3.44. The number of aromatic nitrogens is 1. The predicted molar refractivity (Wildman–Crippen MR) is 112 cm³/mol. The van der Waals surface area contributed by atoms with Crippen molar-refractivity contribution >= 4 is 5.82 Å². The monoisotopic (exact) mass is 374 g/mol. The number of nitrogens with zero attached hydrogens (tertiary/aromatic N) is 2. The van der Waals surface area contributed by atoms with Crippen molar-refractivity contribution in [2.45, 2.75) is 32.5 Å². The summed E-state index contributed by atoms with van der Waals surface area (Å²) in [5.74, 6) is 2.83. The number of benzene rings is 2. The highest BCUT2D eigenvalue weighted by Gasteiger charge is 2.21. The normalized spacial score (nSPS) is 14.7. The minimum atomic E-state index is 0.247. The van der Waals surface area contributed by atoms with Crippen LogP contribution >= 0.6 is 0 Å².